The molecule has 0 amide bonds. The summed E-state index contributed by atoms with van der Waals surface area (Å²) in [6, 6.07) is 5.23. The van der Waals surface area contributed by atoms with Gasteiger partial charge < -0.3 is 5.73 Å². The van der Waals surface area contributed by atoms with Crippen LogP contribution in [0.4, 0.5) is 50.9 Å². The van der Waals surface area contributed by atoms with Gasteiger partial charge in [0.15, 0.2) is 0 Å². The van der Waals surface area contributed by atoms with Gasteiger partial charge in [0.05, 0.1) is 16.8 Å². The predicted molar refractivity (Wildman–Crippen MR) is 76.0 cm³/mol. The van der Waals surface area contributed by atoms with E-state index in [0.29, 0.717) is 17.4 Å². The van der Waals surface area contributed by atoms with Gasteiger partial charge in [-0.25, -0.2) is 0 Å². The molecule has 26 heavy (non-hydrogen) atoms. The lowest BCUT2D eigenvalue weighted by Gasteiger charge is -2.23. The Hall–Kier alpha value is -2.59. The number of rotatable bonds is 2. The summed E-state index contributed by atoms with van der Waals surface area (Å²) in [5, 5.41) is 0.517. The van der Waals surface area contributed by atoms with E-state index < -0.39 is 41.0 Å². The minimum Gasteiger partial charge on any atom is -0.399 e. The normalized spacial score (nSPS) is 13.0. The van der Waals surface area contributed by atoms with Crippen molar-refractivity contribution in [2.75, 3.05) is 11.1 Å². The molecule has 142 valence electrons. The first-order valence-electron chi connectivity index (χ1n) is 6.72. The molecule has 2 rings (SSSR count). The number of nitrogens with one attached hydrogen (secondary N) is 1. The van der Waals surface area contributed by atoms with Gasteiger partial charge in [-0.15, -0.1) is 0 Å². The summed E-state index contributed by atoms with van der Waals surface area (Å²) in [6.45, 7) is 0. The molecule has 0 unspecified atom stereocenters. The number of hydrogen-bond donors (Lipinski definition) is 2. The van der Waals surface area contributed by atoms with Crippen LogP contribution in [0.3, 0.4) is 0 Å². The monoisotopic (exact) mass is 388 g/mol. The molecule has 0 aromatic heterocycles. The molecule has 3 N–H and O–H groups in total. The van der Waals surface area contributed by atoms with E-state index in [4.69, 9.17) is 5.73 Å². The van der Waals surface area contributed by atoms with Gasteiger partial charge in [-0.1, -0.05) is 18.2 Å². The van der Waals surface area contributed by atoms with Gasteiger partial charge in [-0.05, 0) is 29.3 Å². The minimum atomic E-state index is -5.69. The Labute approximate surface area is 140 Å². The van der Waals surface area contributed by atoms with Crippen LogP contribution in [0.2, 0.25) is 0 Å². The average Bonchev–Trinajstić information content (AvgIpc) is 2.44. The van der Waals surface area contributed by atoms with Crippen LogP contribution in [0.15, 0.2) is 36.4 Å². The molecule has 2 aromatic carbocycles. The number of halogens is 9. The summed E-state index contributed by atoms with van der Waals surface area (Å²) in [7, 11) is 0. The highest BCUT2D eigenvalue weighted by Crippen LogP contribution is 2.48. The summed E-state index contributed by atoms with van der Waals surface area (Å²) in [5.41, 5.74) is -2.08. The largest absolute Gasteiger partial charge is 0.482 e. The van der Waals surface area contributed by atoms with Crippen molar-refractivity contribution in [2.24, 2.45) is 0 Å². The maximum absolute atomic E-state index is 13.4. The molecule has 0 atom stereocenters. The second-order valence-electron chi connectivity index (χ2n) is 5.15. The van der Waals surface area contributed by atoms with E-state index in [-0.39, 0.29) is 11.3 Å². The van der Waals surface area contributed by atoms with Gasteiger partial charge in [-0.2, -0.15) is 39.5 Å². The molecule has 0 aliphatic carbocycles. The quantitative estimate of drug-likeness (QED) is 0.382. The van der Waals surface area contributed by atoms with Crippen molar-refractivity contribution < 1.29 is 39.5 Å². The molecular weight excluding hydrogens is 379 g/mol. The topological polar surface area (TPSA) is 38.0 Å². The van der Waals surface area contributed by atoms with Crippen LogP contribution in [-0.4, -0.2) is 6.30 Å². The van der Waals surface area contributed by atoms with E-state index in [0.717, 1.165) is 24.3 Å². The van der Waals surface area contributed by atoms with E-state index in [1.807, 2.05) is 0 Å². The van der Waals surface area contributed by atoms with Crippen LogP contribution >= 0.6 is 0 Å². The Morgan fingerprint density at radius 3 is 1.58 bits per heavy atom. The Bertz CT molecular complexity index is 787. The Kier molecular flexibility index (Phi) is 4.77. The van der Waals surface area contributed by atoms with Crippen LogP contribution in [0.5, 0.6) is 0 Å². The first-order valence-corrected chi connectivity index (χ1v) is 6.72. The summed E-state index contributed by atoms with van der Waals surface area (Å²) in [5.74, 6) is 0. The summed E-state index contributed by atoms with van der Waals surface area (Å²) in [4.78, 5) is 0. The van der Waals surface area contributed by atoms with Crippen LogP contribution in [0.1, 0.15) is 11.1 Å². The van der Waals surface area contributed by atoms with E-state index in [2.05, 4.69) is 0 Å². The van der Waals surface area contributed by atoms with Gasteiger partial charge in [0.1, 0.15) is 0 Å². The first-order chi connectivity index (χ1) is 11.7. The number of nitrogen functional groups attached to an aromatic ring is 1. The molecule has 0 aliphatic rings. The van der Waals surface area contributed by atoms with Crippen molar-refractivity contribution in [3.63, 3.8) is 0 Å². The Morgan fingerprint density at radius 1 is 0.654 bits per heavy atom. The molecule has 0 spiro atoms. The summed E-state index contributed by atoms with van der Waals surface area (Å²) in [6.07, 6.45) is -16.6. The van der Waals surface area contributed by atoms with Crippen molar-refractivity contribution in [1.29, 1.82) is 0 Å². The fourth-order valence-electron chi connectivity index (χ4n) is 2.35. The van der Waals surface area contributed by atoms with Crippen LogP contribution in [-0.2, 0) is 12.4 Å². The first kappa shape index (κ1) is 19.7. The average molecular weight is 388 g/mol. The van der Waals surface area contributed by atoms with Gasteiger partial charge in [-0.3, -0.25) is 5.32 Å². The van der Waals surface area contributed by atoms with Crippen molar-refractivity contribution in [1.82, 2.24) is 0 Å². The van der Waals surface area contributed by atoms with E-state index in [1.165, 1.54) is 0 Å². The number of benzene rings is 2. The predicted octanol–water partition coefficient (Wildman–Crippen LogP) is 5.91. The molecule has 0 heterocycles. The third-order valence-electron chi connectivity index (χ3n) is 3.27. The van der Waals surface area contributed by atoms with Crippen molar-refractivity contribution >= 4 is 11.4 Å². The van der Waals surface area contributed by atoms with Crippen molar-refractivity contribution in [3.05, 3.63) is 47.5 Å². The third kappa shape index (κ3) is 4.33. The molecule has 2 aromatic rings. The Balaban J connectivity index is 2.85. The molecule has 0 radical (unpaired) electrons. The number of anilines is 2. The molecule has 0 bridgehead atoms. The van der Waals surface area contributed by atoms with Gasteiger partial charge >= 0.3 is 18.7 Å². The van der Waals surface area contributed by atoms with Crippen molar-refractivity contribution in [3.8, 4) is 11.1 Å². The second kappa shape index (κ2) is 6.29. The maximum atomic E-state index is 13.4. The van der Waals surface area contributed by atoms with Gasteiger partial charge in [0.2, 0.25) is 0 Å². The summed E-state index contributed by atoms with van der Waals surface area (Å²) < 4.78 is 117. The van der Waals surface area contributed by atoms with Crippen LogP contribution < -0.4 is 11.1 Å². The molecule has 0 saturated carbocycles. The SMILES string of the molecule is Nc1ccc(-c2ccc(NC(F)(F)F)c(C(F)(F)F)c2C(F)(F)F)cc1. The smallest absolute Gasteiger partial charge is 0.399 e. The highest BCUT2D eigenvalue weighted by Gasteiger charge is 2.48. The third-order valence-corrected chi connectivity index (χ3v) is 3.27. The van der Waals surface area contributed by atoms with Crippen LogP contribution in [0, 0.1) is 0 Å². The molecule has 0 aliphatic heterocycles. The van der Waals surface area contributed by atoms with E-state index in [1.54, 1.807) is 0 Å². The molecule has 0 fully saturated rings. The zero-order valence-electron chi connectivity index (χ0n) is 12.4. The van der Waals surface area contributed by atoms with Gasteiger partial charge in [0.25, 0.3) is 0 Å². The minimum absolute atomic E-state index is 0.147. The van der Waals surface area contributed by atoms with Crippen molar-refractivity contribution in [2.45, 2.75) is 18.7 Å². The number of nitrogens with two attached hydrogens (primary N) is 1. The molecule has 11 heteroatoms. The fraction of sp³-hybridized carbons (Fsp3) is 0.200. The lowest BCUT2D eigenvalue weighted by molar-refractivity contribution is -0.161. The zero-order chi connectivity index (χ0) is 19.9. The lowest BCUT2D eigenvalue weighted by atomic mass is 9.93. The highest BCUT2D eigenvalue weighted by atomic mass is 19.4. The van der Waals surface area contributed by atoms with Gasteiger partial charge in [0, 0.05) is 5.69 Å². The lowest BCUT2D eigenvalue weighted by Crippen LogP contribution is -2.26. The number of hydrogen-bond acceptors (Lipinski definition) is 2. The molecular formula is C15H9F9N2. The van der Waals surface area contributed by atoms with Crippen LogP contribution in [0.25, 0.3) is 11.1 Å². The zero-order valence-corrected chi connectivity index (χ0v) is 12.4. The standard InChI is InChI=1S/C15H9F9N2/c16-13(17,18)11-9(7-1-3-8(25)4-2-7)5-6-10(26-15(22,23)24)12(11)14(19,20)21/h1-6,26H,25H2. The summed E-state index contributed by atoms with van der Waals surface area (Å²) >= 11 is 0. The Morgan fingerprint density at radius 2 is 1.15 bits per heavy atom. The van der Waals surface area contributed by atoms with E-state index >= 15 is 0 Å². The fourth-order valence-corrected chi connectivity index (χ4v) is 2.35. The number of alkyl halides is 9. The molecule has 2 nitrogen and oxygen atoms in total. The van der Waals surface area contributed by atoms with E-state index in [9.17, 15) is 39.5 Å². The highest BCUT2D eigenvalue weighted by molar-refractivity contribution is 5.75. The second-order valence-corrected chi connectivity index (χ2v) is 5.15. The molecule has 0 saturated heterocycles. The maximum Gasteiger partial charge on any atom is 0.482 e.